The number of rotatable bonds is 15. The smallest absolute Gasteiger partial charge is 0.309 e. The van der Waals surface area contributed by atoms with Gasteiger partial charge in [-0.05, 0) is 104 Å². The standard InChI is InChI=1S/C58H94O28/c1-53(2)30-9-12-56(5)31(8-7-23-24-15-54(3,52(75)76)13-14-58(24,22-61)32(63)16-57(23,56)6)55(30,4)11-10-33(53)84-50-45(86-49-44(74)40(70)36(66)27(18-60)81-49)38(68)29(21-79-50)83-51-46(85-48-42(72)34(64)25(62)19-77-48)41(71)37(67)28(82-51)20-78-47-43(73)39(69)35(65)26(17-59)80-47/h7,24-51,59-74H,8-22H2,1-6H3,(H,75,76)/t24?,25-,26-,27-,28-,29+,30?,31?,32-,33+,34+,35-,36-,37-,38+,39+,40+,41+,42-,43-,44-,45-,46-,47-,48+,49+,50+,51+,54+,55+,56-,57-,58-/m1/s1. The molecule has 33 atom stereocenters. The predicted molar refractivity (Wildman–Crippen MR) is 287 cm³/mol. The minimum atomic E-state index is -2.05. The van der Waals surface area contributed by atoms with Gasteiger partial charge in [0.25, 0.3) is 0 Å². The van der Waals surface area contributed by atoms with Crippen molar-refractivity contribution in [3.63, 3.8) is 0 Å². The van der Waals surface area contributed by atoms with Crippen molar-refractivity contribution in [2.75, 3.05) is 39.6 Å². The maximum atomic E-state index is 12.7. The van der Waals surface area contributed by atoms with E-state index in [9.17, 15) is 91.6 Å². The fraction of sp³-hybridized carbons (Fsp3) is 0.948. The summed E-state index contributed by atoms with van der Waals surface area (Å²) in [5.41, 5.74) is -2.59. The molecule has 5 heterocycles. The highest BCUT2D eigenvalue weighted by Gasteiger charge is 2.71. The number of carboxylic acids is 1. The lowest BCUT2D eigenvalue weighted by atomic mass is 9.33. The molecule has 3 unspecified atom stereocenters. The van der Waals surface area contributed by atoms with Crippen molar-refractivity contribution in [1.29, 1.82) is 0 Å². The summed E-state index contributed by atoms with van der Waals surface area (Å²) in [6.45, 7) is 9.11. The average molecular weight is 1240 g/mol. The van der Waals surface area contributed by atoms with E-state index in [1.807, 2.05) is 0 Å². The molecule has 0 aromatic heterocycles. The quantitative estimate of drug-likeness (QED) is 0.0543. The van der Waals surface area contributed by atoms with Crippen LogP contribution in [0.25, 0.3) is 0 Å². The van der Waals surface area contributed by atoms with E-state index < -0.39 is 214 Å². The van der Waals surface area contributed by atoms with Gasteiger partial charge in [0.05, 0.1) is 57.3 Å². The van der Waals surface area contributed by atoms with Crippen LogP contribution in [0.15, 0.2) is 11.6 Å². The molecule has 86 heavy (non-hydrogen) atoms. The zero-order valence-corrected chi connectivity index (χ0v) is 49.4. The molecule has 4 saturated carbocycles. The zero-order chi connectivity index (χ0) is 62.7. The maximum Gasteiger partial charge on any atom is 0.309 e. The third-order valence-electron chi connectivity index (χ3n) is 23.2. The monoisotopic (exact) mass is 1240 g/mol. The highest BCUT2D eigenvalue weighted by Crippen LogP contribution is 2.76. The molecule has 0 amide bonds. The van der Waals surface area contributed by atoms with E-state index in [-0.39, 0.29) is 35.2 Å². The van der Waals surface area contributed by atoms with Crippen LogP contribution in [0.2, 0.25) is 0 Å². The fourth-order valence-electron chi connectivity index (χ4n) is 17.5. The number of aliphatic carboxylic acids is 1. The Balaban J connectivity index is 0.912. The van der Waals surface area contributed by atoms with E-state index in [1.54, 1.807) is 6.92 Å². The van der Waals surface area contributed by atoms with Crippen molar-refractivity contribution >= 4 is 5.97 Å². The van der Waals surface area contributed by atoms with Crippen molar-refractivity contribution in [2.24, 2.45) is 50.2 Å². The number of hydrogen-bond acceptors (Lipinski definition) is 27. The van der Waals surface area contributed by atoms with Crippen LogP contribution in [0.1, 0.15) is 99.3 Å². The molecule has 0 radical (unpaired) electrons. The van der Waals surface area contributed by atoms with Crippen molar-refractivity contribution in [3.8, 4) is 0 Å². The lowest BCUT2D eigenvalue weighted by Crippen LogP contribution is -2.68. The summed E-state index contributed by atoms with van der Waals surface area (Å²) in [4.78, 5) is 12.7. The summed E-state index contributed by atoms with van der Waals surface area (Å²) in [5.74, 6) is -1.12. The van der Waals surface area contributed by atoms with Gasteiger partial charge in [-0.1, -0.05) is 46.3 Å². The van der Waals surface area contributed by atoms with Gasteiger partial charge in [-0.3, -0.25) is 4.79 Å². The topological polar surface area (TPSA) is 453 Å². The summed E-state index contributed by atoms with van der Waals surface area (Å²) < 4.78 is 60.5. The lowest BCUT2D eigenvalue weighted by Gasteiger charge is -2.72. The SMILES string of the molecule is CC1(C)C2CC[C@]3(C)C(CC=C4C5C[C@@](C)(C(=O)O)CC[C@]5(CO)[C@H](O)C[C@]43C)[C@@]2(C)CC[C@@H]1O[C@@H]1OC[C@H](O[C@@H]2O[C@H](CO[C@@H]3O[C@H](CO)[C@@H](O)[C@H](O)[C@H]3O)[C@@H](O)[C@H](O)[C@H]2O[C@@H]2OC[C@@H](O)[C@H](O)[C@H]2O)[C@H](O)[C@H]1O[C@@H]1O[C@H](CO)[C@@H](O)[C@H](O)[C@H]1O. The van der Waals surface area contributed by atoms with Gasteiger partial charge in [0.15, 0.2) is 31.5 Å². The zero-order valence-electron chi connectivity index (χ0n) is 49.4. The highest BCUT2D eigenvalue weighted by atomic mass is 16.8. The van der Waals surface area contributed by atoms with E-state index in [2.05, 4.69) is 40.7 Å². The van der Waals surface area contributed by atoms with Crippen molar-refractivity contribution in [2.45, 2.75) is 253 Å². The first-order valence-electron chi connectivity index (χ1n) is 30.4. The Labute approximate surface area is 498 Å². The Hall–Kier alpha value is -1.83. The lowest BCUT2D eigenvalue weighted by molar-refractivity contribution is -0.394. The Bertz CT molecular complexity index is 2390. The molecule has 10 rings (SSSR count). The molecule has 0 spiro atoms. The van der Waals surface area contributed by atoms with Crippen LogP contribution in [0.3, 0.4) is 0 Å². The van der Waals surface area contributed by atoms with E-state index >= 15 is 0 Å². The first-order valence-corrected chi connectivity index (χ1v) is 30.4. The second-order valence-corrected chi connectivity index (χ2v) is 28.1. The molecular formula is C58H94O28. The van der Waals surface area contributed by atoms with Crippen LogP contribution < -0.4 is 0 Å². The molecule has 5 saturated heterocycles. The first kappa shape index (κ1) is 67.1. The minimum absolute atomic E-state index is 0.00523. The molecule has 0 aromatic rings. The summed E-state index contributed by atoms with van der Waals surface area (Å²) >= 11 is 0. The number of carboxylic acid groups (broad SMARTS) is 1. The molecule has 5 aliphatic heterocycles. The number of fused-ring (bicyclic) bond motifs is 7. The molecule has 0 aromatic carbocycles. The molecule has 0 bridgehead atoms. The Morgan fingerprint density at radius 2 is 1.14 bits per heavy atom. The van der Waals surface area contributed by atoms with E-state index in [0.29, 0.717) is 44.9 Å². The number of aliphatic hydroxyl groups is 16. The van der Waals surface area contributed by atoms with E-state index in [0.717, 1.165) is 18.4 Å². The van der Waals surface area contributed by atoms with Crippen molar-refractivity contribution < 1.29 is 139 Å². The van der Waals surface area contributed by atoms with Gasteiger partial charge in [-0.15, -0.1) is 0 Å². The van der Waals surface area contributed by atoms with E-state index in [4.69, 9.17) is 47.4 Å². The molecule has 494 valence electrons. The van der Waals surface area contributed by atoms with Crippen LogP contribution in [0.4, 0.5) is 0 Å². The number of ether oxygens (including phenoxy) is 10. The second kappa shape index (κ2) is 24.9. The molecule has 28 nitrogen and oxygen atoms in total. The average Bonchev–Trinajstić information content (AvgIpc) is 0.681. The van der Waals surface area contributed by atoms with Crippen LogP contribution in [0.5, 0.6) is 0 Å². The Kier molecular flexibility index (Phi) is 19.4. The van der Waals surface area contributed by atoms with Crippen molar-refractivity contribution in [3.05, 3.63) is 11.6 Å². The molecule has 9 fully saturated rings. The van der Waals surface area contributed by atoms with Gasteiger partial charge >= 0.3 is 5.97 Å². The molecular weight excluding hydrogens is 1140 g/mol. The van der Waals surface area contributed by atoms with Gasteiger partial charge in [0.1, 0.15) is 110 Å². The minimum Gasteiger partial charge on any atom is -0.481 e. The first-order chi connectivity index (χ1) is 40.4. The van der Waals surface area contributed by atoms with Gasteiger partial charge in [0.2, 0.25) is 0 Å². The number of allylic oxidation sites excluding steroid dienone is 2. The van der Waals surface area contributed by atoms with E-state index in [1.165, 1.54) is 0 Å². The number of carbonyl (C=O) groups is 1. The maximum absolute atomic E-state index is 12.7. The molecule has 17 N–H and O–H groups in total. The Morgan fingerprint density at radius 1 is 0.558 bits per heavy atom. The predicted octanol–water partition coefficient (Wildman–Crippen LogP) is -4.42. The summed E-state index contributed by atoms with van der Waals surface area (Å²) in [7, 11) is 0. The normalized spacial score (nSPS) is 54.8. The van der Waals surface area contributed by atoms with Crippen LogP contribution in [-0.4, -0.2) is 286 Å². The van der Waals surface area contributed by atoms with Crippen LogP contribution in [-0.2, 0) is 52.2 Å². The van der Waals surface area contributed by atoms with Crippen molar-refractivity contribution in [1.82, 2.24) is 0 Å². The second-order valence-electron chi connectivity index (χ2n) is 28.1. The van der Waals surface area contributed by atoms with Crippen LogP contribution in [0, 0.1) is 50.2 Å². The summed E-state index contributed by atoms with van der Waals surface area (Å²) in [5, 5.41) is 185. The fourth-order valence-corrected chi connectivity index (χ4v) is 17.5. The number of aliphatic hydroxyl groups excluding tert-OH is 16. The molecule has 10 aliphatic rings. The third-order valence-corrected chi connectivity index (χ3v) is 23.2. The number of hydrogen-bond donors (Lipinski definition) is 17. The largest absolute Gasteiger partial charge is 0.481 e. The van der Waals surface area contributed by atoms with Gasteiger partial charge in [-0.2, -0.15) is 0 Å². The van der Waals surface area contributed by atoms with Crippen LogP contribution >= 0.6 is 0 Å². The Morgan fingerprint density at radius 3 is 1.78 bits per heavy atom. The van der Waals surface area contributed by atoms with Gasteiger partial charge in [-0.25, -0.2) is 0 Å². The third kappa shape index (κ3) is 11.1. The van der Waals surface area contributed by atoms with Gasteiger partial charge in [0, 0.05) is 5.41 Å². The van der Waals surface area contributed by atoms with Gasteiger partial charge < -0.3 is 134 Å². The summed E-state index contributed by atoms with van der Waals surface area (Å²) in [6.07, 6.45) is -35.2. The summed E-state index contributed by atoms with van der Waals surface area (Å²) in [6, 6.07) is 0. The molecule has 28 heteroatoms. The highest BCUT2D eigenvalue weighted by molar-refractivity contribution is 5.74. The molecule has 5 aliphatic carbocycles.